The normalized spacial score (nSPS) is 13.9. The van der Waals surface area contributed by atoms with E-state index in [0.717, 1.165) is 29.1 Å². The molecule has 1 aromatic carbocycles. The molecule has 116 valence electrons. The van der Waals surface area contributed by atoms with Gasteiger partial charge in [0.15, 0.2) is 0 Å². The van der Waals surface area contributed by atoms with Crippen LogP contribution in [0.5, 0.6) is 0 Å². The van der Waals surface area contributed by atoms with Crippen molar-refractivity contribution in [2.45, 2.75) is 20.0 Å². The number of fused-ring (bicyclic) bond motifs is 1. The standard InChI is InChI=1S/C17H17N5O/c1-12-3-2-4-13(7-12)16-15(9-19-20-16)17(23)21-5-6-22-11-18-8-14(22)10-21/h2-4,7-9,11H,5-6,10H2,1H3,(H,19,20). The number of H-pyrrole nitrogens is 1. The lowest BCUT2D eigenvalue weighted by atomic mass is 10.0. The summed E-state index contributed by atoms with van der Waals surface area (Å²) in [5.41, 5.74) is 4.58. The quantitative estimate of drug-likeness (QED) is 0.789. The van der Waals surface area contributed by atoms with E-state index in [2.05, 4.69) is 25.8 Å². The van der Waals surface area contributed by atoms with Gasteiger partial charge < -0.3 is 9.47 Å². The summed E-state index contributed by atoms with van der Waals surface area (Å²) in [6.07, 6.45) is 5.25. The predicted octanol–water partition coefficient (Wildman–Crippen LogP) is 2.24. The van der Waals surface area contributed by atoms with Crippen molar-refractivity contribution in [3.05, 3.63) is 59.8 Å². The SMILES string of the molecule is Cc1cccc(-c2[nH]ncc2C(=O)N2CCn3cncc3C2)c1. The molecule has 1 aliphatic rings. The van der Waals surface area contributed by atoms with Crippen molar-refractivity contribution in [2.24, 2.45) is 0 Å². The first-order valence-electron chi connectivity index (χ1n) is 7.61. The van der Waals surface area contributed by atoms with E-state index in [1.54, 1.807) is 6.20 Å². The average Bonchev–Trinajstić information content (AvgIpc) is 3.22. The molecule has 6 heteroatoms. The molecule has 0 unspecified atom stereocenters. The maximum absolute atomic E-state index is 12.9. The Morgan fingerprint density at radius 3 is 3.04 bits per heavy atom. The third-order valence-electron chi connectivity index (χ3n) is 4.23. The van der Waals surface area contributed by atoms with Gasteiger partial charge in [-0.05, 0) is 13.0 Å². The van der Waals surface area contributed by atoms with Gasteiger partial charge in [0, 0.05) is 24.8 Å². The van der Waals surface area contributed by atoms with E-state index >= 15 is 0 Å². The monoisotopic (exact) mass is 307 g/mol. The second kappa shape index (κ2) is 5.39. The second-order valence-corrected chi connectivity index (χ2v) is 5.83. The van der Waals surface area contributed by atoms with Gasteiger partial charge in [-0.3, -0.25) is 9.89 Å². The van der Waals surface area contributed by atoms with Gasteiger partial charge in [-0.15, -0.1) is 0 Å². The molecule has 0 saturated heterocycles. The van der Waals surface area contributed by atoms with E-state index in [-0.39, 0.29) is 5.91 Å². The lowest BCUT2D eigenvalue weighted by Gasteiger charge is -2.28. The van der Waals surface area contributed by atoms with Crippen molar-refractivity contribution in [1.29, 1.82) is 0 Å². The number of aromatic amines is 1. The van der Waals surface area contributed by atoms with Crippen LogP contribution in [0.15, 0.2) is 43.0 Å². The van der Waals surface area contributed by atoms with E-state index in [1.807, 2.05) is 42.5 Å². The molecule has 0 fully saturated rings. The number of carbonyl (C=O) groups is 1. The van der Waals surface area contributed by atoms with Crippen LogP contribution in [0.1, 0.15) is 21.6 Å². The minimum atomic E-state index is 0.00251. The van der Waals surface area contributed by atoms with Gasteiger partial charge >= 0.3 is 0 Å². The lowest BCUT2D eigenvalue weighted by Crippen LogP contribution is -2.37. The van der Waals surface area contributed by atoms with Crippen LogP contribution >= 0.6 is 0 Å². The Bertz CT molecular complexity index is 863. The van der Waals surface area contributed by atoms with Gasteiger partial charge in [-0.2, -0.15) is 5.10 Å². The summed E-state index contributed by atoms with van der Waals surface area (Å²) in [5, 5.41) is 7.06. The zero-order chi connectivity index (χ0) is 15.8. The fraction of sp³-hybridized carbons (Fsp3) is 0.235. The molecule has 3 aromatic rings. The first-order chi connectivity index (χ1) is 11.2. The molecular weight excluding hydrogens is 290 g/mol. The molecule has 1 amide bonds. The lowest BCUT2D eigenvalue weighted by molar-refractivity contribution is 0.0712. The number of imidazole rings is 1. The van der Waals surface area contributed by atoms with Crippen molar-refractivity contribution < 1.29 is 4.79 Å². The van der Waals surface area contributed by atoms with Crippen LogP contribution in [0.4, 0.5) is 0 Å². The molecule has 3 heterocycles. The molecule has 0 radical (unpaired) electrons. The Kier molecular flexibility index (Phi) is 3.22. The third-order valence-corrected chi connectivity index (χ3v) is 4.23. The number of hydrogen-bond donors (Lipinski definition) is 1. The van der Waals surface area contributed by atoms with E-state index in [1.165, 1.54) is 0 Å². The van der Waals surface area contributed by atoms with Crippen LogP contribution in [-0.2, 0) is 13.1 Å². The molecule has 0 bridgehead atoms. The van der Waals surface area contributed by atoms with Crippen molar-refractivity contribution >= 4 is 5.91 Å². The molecule has 1 N–H and O–H groups in total. The summed E-state index contributed by atoms with van der Waals surface area (Å²) in [5.74, 6) is 0.00251. The molecule has 0 atom stereocenters. The molecule has 0 saturated carbocycles. The van der Waals surface area contributed by atoms with Gasteiger partial charge in [0.2, 0.25) is 0 Å². The fourth-order valence-corrected chi connectivity index (χ4v) is 3.00. The molecule has 2 aromatic heterocycles. The number of nitrogens with zero attached hydrogens (tertiary/aromatic N) is 4. The van der Waals surface area contributed by atoms with Gasteiger partial charge in [-0.25, -0.2) is 4.98 Å². The van der Waals surface area contributed by atoms with E-state index in [9.17, 15) is 4.79 Å². The second-order valence-electron chi connectivity index (χ2n) is 5.83. The Morgan fingerprint density at radius 1 is 1.26 bits per heavy atom. The Labute approximate surface area is 133 Å². The summed E-state index contributed by atoms with van der Waals surface area (Å²) in [7, 11) is 0. The van der Waals surface area contributed by atoms with Crippen molar-refractivity contribution in [2.75, 3.05) is 6.54 Å². The van der Waals surface area contributed by atoms with Crippen molar-refractivity contribution in [3.8, 4) is 11.3 Å². The van der Waals surface area contributed by atoms with E-state index < -0.39 is 0 Å². The Balaban J connectivity index is 1.64. The highest BCUT2D eigenvalue weighted by atomic mass is 16.2. The highest BCUT2D eigenvalue weighted by molar-refractivity contribution is 5.99. The minimum absolute atomic E-state index is 0.00251. The number of aryl methyl sites for hydroxylation is 1. The maximum Gasteiger partial charge on any atom is 0.258 e. The largest absolute Gasteiger partial charge is 0.331 e. The molecule has 23 heavy (non-hydrogen) atoms. The summed E-state index contributed by atoms with van der Waals surface area (Å²) in [4.78, 5) is 18.9. The highest BCUT2D eigenvalue weighted by Gasteiger charge is 2.25. The first kappa shape index (κ1) is 13.8. The Hall–Kier alpha value is -2.89. The summed E-state index contributed by atoms with van der Waals surface area (Å²) >= 11 is 0. The third kappa shape index (κ3) is 2.42. The van der Waals surface area contributed by atoms with Crippen LogP contribution in [0.25, 0.3) is 11.3 Å². The Morgan fingerprint density at radius 2 is 2.17 bits per heavy atom. The van der Waals surface area contributed by atoms with Gasteiger partial charge in [0.25, 0.3) is 5.91 Å². The van der Waals surface area contributed by atoms with Gasteiger partial charge in [0.1, 0.15) is 0 Å². The highest BCUT2D eigenvalue weighted by Crippen LogP contribution is 2.24. The zero-order valence-corrected chi connectivity index (χ0v) is 12.9. The van der Waals surface area contributed by atoms with Crippen molar-refractivity contribution in [1.82, 2.24) is 24.6 Å². The number of hydrogen-bond acceptors (Lipinski definition) is 3. The summed E-state index contributed by atoms with van der Waals surface area (Å²) < 4.78 is 2.08. The summed E-state index contributed by atoms with van der Waals surface area (Å²) in [6.45, 7) is 4.07. The van der Waals surface area contributed by atoms with Crippen molar-refractivity contribution in [3.63, 3.8) is 0 Å². The maximum atomic E-state index is 12.9. The number of rotatable bonds is 2. The van der Waals surface area contributed by atoms with Crippen LogP contribution in [-0.4, -0.2) is 37.1 Å². The average molecular weight is 307 g/mol. The zero-order valence-electron chi connectivity index (χ0n) is 12.9. The molecule has 0 spiro atoms. The van der Waals surface area contributed by atoms with Gasteiger partial charge in [0.05, 0.1) is 36.0 Å². The molecule has 4 rings (SSSR count). The molecular formula is C17H17N5O. The number of carbonyl (C=O) groups excluding carboxylic acids is 1. The van der Waals surface area contributed by atoms with Gasteiger partial charge in [-0.1, -0.05) is 23.8 Å². The number of amides is 1. The van der Waals surface area contributed by atoms with Crippen LogP contribution in [0.2, 0.25) is 0 Å². The van der Waals surface area contributed by atoms with E-state index in [4.69, 9.17) is 0 Å². The predicted molar refractivity (Wildman–Crippen MR) is 85.7 cm³/mol. The van der Waals surface area contributed by atoms with Crippen LogP contribution < -0.4 is 0 Å². The van der Waals surface area contributed by atoms with Crippen LogP contribution in [0, 0.1) is 6.92 Å². The summed E-state index contributed by atoms with van der Waals surface area (Å²) in [6, 6.07) is 8.06. The van der Waals surface area contributed by atoms with E-state index in [0.29, 0.717) is 18.7 Å². The topological polar surface area (TPSA) is 66.8 Å². The smallest absolute Gasteiger partial charge is 0.258 e. The molecule has 0 aliphatic carbocycles. The molecule has 6 nitrogen and oxygen atoms in total. The van der Waals surface area contributed by atoms with Crippen LogP contribution in [0.3, 0.4) is 0 Å². The number of benzene rings is 1. The number of aromatic nitrogens is 4. The molecule has 1 aliphatic heterocycles. The first-order valence-corrected chi connectivity index (χ1v) is 7.61. The number of nitrogens with one attached hydrogen (secondary N) is 1. The fourth-order valence-electron chi connectivity index (χ4n) is 3.00. The minimum Gasteiger partial charge on any atom is -0.331 e.